The summed E-state index contributed by atoms with van der Waals surface area (Å²) < 4.78 is 11.8. The molecule has 0 radical (unpaired) electrons. The van der Waals surface area contributed by atoms with E-state index in [0.717, 1.165) is 30.3 Å². The molecule has 0 bridgehead atoms. The van der Waals surface area contributed by atoms with E-state index in [9.17, 15) is 0 Å². The Labute approximate surface area is 156 Å². The van der Waals surface area contributed by atoms with E-state index in [-0.39, 0.29) is 0 Å². The fourth-order valence-electron chi connectivity index (χ4n) is 5.81. The van der Waals surface area contributed by atoms with E-state index in [0.29, 0.717) is 12.2 Å². The van der Waals surface area contributed by atoms with Crippen molar-refractivity contribution in [3.63, 3.8) is 0 Å². The summed E-state index contributed by atoms with van der Waals surface area (Å²) in [6.45, 7) is 3.35. The van der Waals surface area contributed by atoms with Gasteiger partial charge in [-0.05, 0) is 81.5 Å². The van der Waals surface area contributed by atoms with Crippen molar-refractivity contribution < 1.29 is 9.47 Å². The van der Waals surface area contributed by atoms with Crippen LogP contribution in [0.4, 0.5) is 0 Å². The van der Waals surface area contributed by atoms with Gasteiger partial charge in [0.2, 0.25) is 0 Å². The monoisotopic (exact) mass is 350 g/mol. The molecule has 0 aromatic heterocycles. The lowest BCUT2D eigenvalue weighted by Gasteiger charge is -2.38. The Hall–Kier alpha value is -0.0800. The van der Waals surface area contributed by atoms with Crippen molar-refractivity contribution in [3.05, 3.63) is 0 Å². The van der Waals surface area contributed by atoms with E-state index < -0.39 is 0 Å². The molecule has 2 nitrogen and oxygen atoms in total. The molecular weight excluding hydrogens is 308 g/mol. The van der Waals surface area contributed by atoms with Crippen molar-refractivity contribution in [2.75, 3.05) is 13.7 Å². The lowest BCUT2D eigenvalue weighted by Crippen LogP contribution is -2.34. The van der Waals surface area contributed by atoms with Gasteiger partial charge in [-0.1, -0.05) is 39.0 Å². The highest BCUT2D eigenvalue weighted by Gasteiger charge is 2.31. The first-order chi connectivity index (χ1) is 12.3. The predicted octanol–water partition coefficient (Wildman–Crippen LogP) is 6.37. The fraction of sp³-hybridized carbons (Fsp3) is 1.00. The van der Waals surface area contributed by atoms with E-state index in [4.69, 9.17) is 9.47 Å². The van der Waals surface area contributed by atoms with Crippen LogP contribution < -0.4 is 0 Å². The standard InChI is InChI=1S/C23H42O2/c1-3-4-20-11-16-23(25-17-20)21-12-7-18(8-13-21)5-6-19-9-14-22(24-2)15-10-19/h18-23H,3-17H2,1-2H3. The second kappa shape index (κ2) is 10.3. The van der Waals surface area contributed by atoms with E-state index in [1.165, 1.54) is 89.9 Å². The third kappa shape index (κ3) is 5.96. The molecule has 0 aromatic rings. The molecule has 0 aromatic carbocycles. The van der Waals surface area contributed by atoms with E-state index in [2.05, 4.69) is 6.92 Å². The van der Waals surface area contributed by atoms with Crippen LogP contribution in [0.15, 0.2) is 0 Å². The van der Waals surface area contributed by atoms with Gasteiger partial charge in [0.05, 0.1) is 12.2 Å². The van der Waals surface area contributed by atoms with Crippen LogP contribution in [-0.2, 0) is 9.47 Å². The van der Waals surface area contributed by atoms with Crippen LogP contribution in [0.3, 0.4) is 0 Å². The summed E-state index contributed by atoms with van der Waals surface area (Å²) in [6, 6.07) is 0. The molecule has 2 unspecified atom stereocenters. The number of ether oxygens (including phenoxy) is 2. The Morgan fingerprint density at radius 1 is 0.720 bits per heavy atom. The first-order valence-electron chi connectivity index (χ1n) is 11.4. The SMILES string of the molecule is CCCC1CCC(C2CCC(CCC3CCC(OC)CC3)CC2)OC1. The Morgan fingerprint density at radius 3 is 1.84 bits per heavy atom. The van der Waals surface area contributed by atoms with Crippen LogP contribution >= 0.6 is 0 Å². The van der Waals surface area contributed by atoms with Gasteiger partial charge >= 0.3 is 0 Å². The number of hydrogen-bond acceptors (Lipinski definition) is 2. The van der Waals surface area contributed by atoms with Crippen molar-refractivity contribution in [1.82, 2.24) is 0 Å². The van der Waals surface area contributed by atoms with E-state index in [1.54, 1.807) is 0 Å². The summed E-state index contributed by atoms with van der Waals surface area (Å²) >= 11 is 0. The molecule has 1 aliphatic heterocycles. The summed E-state index contributed by atoms with van der Waals surface area (Å²) in [7, 11) is 1.88. The molecule has 1 saturated heterocycles. The van der Waals surface area contributed by atoms with Gasteiger partial charge in [-0.2, -0.15) is 0 Å². The first kappa shape index (κ1) is 19.7. The third-order valence-corrected chi connectivity index (χ3v) is 7.63. The summed E-state index contributed by atoms with van der Waals surface area (Å²) in [5, 5.41) is 0. The van der Waals surface area contributed by atoms with Crippen LogP contribution in [-0.4, -0.2) is 25.9 Å². The Balaban J connectivity index is 1.29. The summed E-state index contributed by atoms with van der Waals surface area (Å²) in [5.41, 5.74) is 0. The molecule has 2 atom stereocenters. The number of methoxy groups -OCH3 is 1. The maximum Gasteiger partial charge on any atom is 0.0603 e. The van der Waals surface area contributed by atoms with Crippen LogP contribution in [0, 0.1) is 23.7 Å². The lowest BCUT2D eigenvalue weighted by molar-refractivity contribution is -0.0598. The van der Waals surface area contributed by atoms with Crippen LogP contribution in [0.2, 0.25) is 0 Å². The highest BCUT2D eigenvalue weighted by Crippen LogP contribution is 2.39. The highest BCUT2D eigenvalue weighted by atomic mass is 16.5. The maximum absolute atomic E-state index is 6.28. The van der Waals surface area contributed by atoms with Crippen molar-refractivity contribution in [2.45, 2.75) is 109 Å². The van der Waals surface area contributed by atoms with Crippen LogP contribution in [0.25, 0.3) is 0 Å². The molecule has 2 heteroatoms. The molecule has 0 spiro atoms. The Morgan fingerprint density at radius 2 is 1.32 bits per heavy atom. The smallest absolute Gasteiger partial charge is 0.0603 e. The summed E-state index contributed by atoms with van der Waals surface area (Å²) in [6.07, 6.45) is 20.8. The zero-order valence-electron chi connectivity index (χ0n) is 16.9. The predicted molar refractivity (Wildman–Crippen MR) is 105 cm³/mol. The lowest BCUT2D eigenvalue weighted by atomic mass is 9.74. The molecule has 3 aliphatic rings. The van der Waals surface area contributed by atoms with Gasteiger partial charge in [0.15, 0.2) is 0 Å². The minimum absolute atomic E-state index is 0.555. The first-order valence-corrected chi connectivity index (χ1v) is 11.4. The summed E-state index contributed by atoms with van der Waals surface area (Å²) in [5.74, 6) is 3.72. The second-order valence-electron chi connectivity index (χ2n) is 9.34. The molecule has 146 valence electrons. The topological polar surface area (TPSA) is 18.5 Å². The molecule has 25 heavy (non-hydrogen) atoms. The van der Waals surface area contributed by atoms with Gasteiger partial charge in [0.1, 0.15) is 0 Å². The molecule has 0 amide bonds. The van der Waals surface area contributed by atoms with Crippen molar-refractivity contribution in [3.8, 4) is 0 Å². The zero-order chi connectivity index (χ0) is 17.5. The fourth-order valence-corrected chi connectivity index (χ4v) is 5.81. The van der Waals surface area contributed by atoms with Crippen molar-refractivity contribution in [1.29, 1.82) is 0 Å². The minimum atomic E-state index is 0.555. The van der Waals surface area contributed by atoms with Gasteiger partial charge in [-0.15, -0.1) is 0 Å². The van der Waals surface area contributed by atoms with Gasteiger partial charge in [-0.25, -0.2) is 0 Å². The van der Waals surface area contributed by atoms with E-state index >= 15 is 0 Å². The van der Waals surface area contributed by atoms with Gasteiger partial charge in [0.25, 0.3) is 0 Å². The molecule has 1 heterocycles. The maximum atomic E-state index is 6.28. The Bertz CT molecular complexity index is 345. The quantitative estimate of drug-likeness (QED) is 0.531. The van der Waals surface area contributed by atoms with Crippen molar-refractivity contribution in [2.24, 2.45) is 23.7 Å². The average molecular weight is 351 g/mol. The third-order valence-electron chi connectivity index (χ3n) is 7.63. The van der Waals surface area contributed by atoms with Crippen LogP contribution in [0.5, 0.6) is 0 Å². The summed E-state index contributed by atoms with van der Waals surface area (Å²) in [4.78, 5) is 0. The van der Waals surface area contributed by atoms with Crippen LogP contribution in [0.1, 0.15) is 96.8 Å². The molecule has 2 aliphatic carbocycles. The molecule has 3 rings (SSSR count). The van der Waals surface area contributed by atoms with Gasteiger partial charge in [-0.3, -0.25) is 0 Å². The number of rotatable bonds is 7. The minimum Gasteiger partial charge on any atom is -0.381 e. The largest absolute Gasteiger partial charge is 0.381 e. The van der Waals surface area contributed by atoms with Crippen molar-refractivity contribution >= 4 is 0 Å². The molecule has 2 saturated carbocycles. The molecule has 0 N–H and O–H groups in total. The molecule has 3 fully saturated rings. The normalized spacial score (nSPS) is 40.1. The zero-order valence-corrected chi connectivity index (χ0v) is 16.9. The van der Waals surface area contributed by atoms with Gasteiger partial charge < -0.3 is 9.47 Å². The number of hydrogen-bond donors (Lipinski definition) is 0. The Kier molecular flexibility index (Phi) is 8.11. The second-order valence-corrected chi connectivity index (χ2v) is 9.34. The average Bonchev–Trinajstić information content (AvgIpc) is 2.68. The highest BCUT2D eigenvalue weighted by molar-refractivity contribution is 4.82. The van der Waals surface area contributed by atoms with E-state index in [1.807, 2.05) is 7.11 Å². The molecular formula is C23H42O2. The van der Waals surface area contributed by atoms with Gasteiger partial charge in [0, 0.05) is 13.7 Å².